The van der Waals surface area contributed by atoms with Crippen LogP contribution < -0.4 is 5.73 Å². The highest BCUT2D eigenvalue weighted by molar-refractivity contribution is 9.10. The molecule has 2 N–H and O–H groups in total. The number of halogens is 1. The molecule has 0 spiro atoms. The topological polar surface area (TPSA) is 35.2 Å². The molecule has 2 nitrogen and oxygen atoms in total. The standard InChI is InChI=1S/C14H20BrNOS/c1-10(16)7-11-4-5-13(8-14(11)15)18-9-12-3-2-6-17-12/h4-5,8,10,12H,2-3,6-7,9,16H2,1H3. The highest BCUT2D eigenvalue weighted by Gasteiger charge is 2.15. The highest BCUT2D eigenvalue weighted by Crippen LogP contribution is 2.28. The van der Waals surface area contributed by atoms with E-state index in [-0.39, 0.29) is 6.04 Å². The second-order valence-corrected chi connectivity index (χ2v) is 6.83. The van der Waals surface area contributed by atoms with E-state index < -0.39 is 0 Å². The molecule has 2 atom stereocenters. The van der Waals surface area contributed by atoms with E-state index in [1.165, 1.54) is 23.3 Å². The Hall–Kier alpha value is -0.0300. The van der Waals surface area contributed by atoms with E-state index in [4.69, 9.17) is 10.5 Å². The van der Waals surface area contributed by atoms with Crippen molar-refractivity contribution in [2.45, 2.75) is 43.2 Å². The Balaban J connectivity index is 1.91. The van der Waals surface area contributed by atoms with E-state index in [1.54, 1.807) is 0 Å². The summed E-state index contributed by atoms with van der Waals surface area (Å²) < 4.78 is 6.80. The van der Waals surface area contributed by atoms with Crippen molar-refractivity contribution >= 4 is 27.7 Å². The molecule has 2 rings (SSSR count). The van der Waals surface area contributed by atoms with E-state index >= 15 is 0 Å². The van der Waals surface area contributed by atoms with Crippen LogP contribution in [0.2, 0.25) is 0 Å². The number of thioether (sulfide) groups is 1. The first-order valence-corrected chi connectivity index (χ1v) is 8.21. The van der Waals surface area contributed by atoms with Crippen LogP contribution in [0.1, 0.15) is 25.3 Å². The summed E-state index contributed by atoms with van der Waals surface area (Å²) in [5, 5.41) is 0. The van der Waals surface area contributed by atoms with Crippen molar-refractivity contribution in [1.29, 1.82) is 0 Å². The first-order chi connectivity index (χ1) is 8.65. The minimum atomic E-state index is 0.201. The van der Waals surface area contributed by atoms with Crippen molar-refractivity contribution in [1.82, 2.24) is 0 Å². The Labute approximate surface area is 122 Å². The molecule has 0 radical (unpaired) electrons. The van der Waals surface area contributed by atoms with Crippen LogP contribution in [-0.2, 0) is 11.2 Å². The molecule has 1 aromatic carbocycles. The van der Waals surface area contributed by atoms with Gasteiger partial charge in [-0.25, -0.2) is 0 Å². The fraction of sp³-hybridized carbons (Fsp3) is 0.571. The Morgan fingerprint density at radius 3 is 3.00 bits per heavy atom. The van der Waals surface area contributed by atoms with Gasteiger partial charge in [0.05, 0.1) is 6.10 Å². The summed E-state index contributed by atoms with van der Waals surface area (Å²) in [5.74, 6) is 1.05. The largest absolute Gasteiger partial charge is 0.377 e. The molecule has 0 amide bonds. The summed E-state index contributed by atoms with van der Waals surface area (Å²) >= 11 is 5.50. The Bertz CT molecular complexity index is 391. The quantitative estimate of drug-likeness (QED) is 0.838. The molecule has 1 fully saturated rings. The third kappa shape index (κ3) is 4.26. The van der Waals surface area contributed by atoms with Gasteiger partial charge >= 0.3 is 0 Å². The second kappa shape index (κ2) is 6.94. The lowest BCUT2D eigenvalue weighted by Gasteiger charge is -2.11. The van der Waals surface area contributed by atoms with Crippen LogP contribution in [0.4, 0.5) is 0 Å². The molecule has 0 aliphatic carbocycles. The SMILES string of the molecule is CC(N)Cc1ccc(SCC2CCCO2)cc1Br. The predicted octanol–water partition coefficient (Wildman–Crippen LogP) is 3.61. The van der Waals surface area contributed by atoms with Crippen LogP contribution in [-0.4, -0.2) is 24.5 Å². The summed E-state index contributed by atoms with van der Waals surface area (Å²) in [5.41, 5.74) is 7.11. The first kappa shape index (κ1) is 14.4. The zero-order chi connectivity index (χ0) is 13.0. The Morgan fingerprint density at radius 2 is 2.39 bits per heavy atom. The zero-order valence-corrected chi connectivity index (χ0v) is 13.1. The van der Waals surface area contributed by atoms with E-state index in [1.807, 2.05) is 18.7 Å². The van der Waals surface area contributed by atoms with Crippen LogP contribution in [0.5, 0.6) is 0 Å². The van der Waals surface area contributed by atoms with E-state index in [0.29, 0.717) is 6.10 Å². The average Bonchev–Trinajstić information content (AvgIpc) is 2.82. The van der Waals surface area contributed by atoms with Crippen molar-refractivity contribution in [3.8, 4) is 0 Å². The molecule has 18 heavy (non-hydrogen) atoms. The molecule has 0 aromatic heterocycles. The molecule has 1 heterocycles. The van der Waals surface area contributed by atoms with Crippen LogP contribution in [0.15, 0.2) is 27.6 Å². The number of hydrogen-bond acceptors (Lipinski definition) is 3. The van der Waals surface area contributed by atoms with Gasteiger partial charge in [0.1, 0.15) is 0 Å². The smallest absolute Gasteiger partial charge is 0.0669 e. The molecule has 2 unspecified atom stereocenters. The minimum absolute atomic E-state index is 0.201. The van der Waals surface area contributed by atoms with Crippen molar-refractivity contribution in [3.05, 3.63) is 28.2 Å². The van der Waals surface area contributed by atoms with Gasteiger partial charge in [-0.1, -0.05) is 22.0 Å². The van der Waals surface area contributed by atoms with Crippen molar-refractivity contribution < 1.29 is 4.74 Å². The molecule has 4 heteroatoms. The molecule has 1 saturated heterocycles. The van der Waals surface area contributed by atoms with Crippen LogP contribution >= 0.6 is 27.7 Å². The summed E-state index contributed by atoms with van der Waals surface area (Å²) in [4.78, 5) is 1.30. The average molecular weight is 330 g/mol. The maximum atomic E-state index is 5.83. The van der Waals surface area contributed by atoms with E-state index in [2.05, 4.69) is 34.1 Å². The summed E-state index contributed by atoms with van der Waals surface area (Å²) in [7, 11) is 0. The van der Waals surface area contributed by atoms with Crippen molar-refractivity contribution in [3.63, 3.8) is 0 Å². The molecule has 100 valence electrons. The van der Waals surface area contributed by atoms with E-state index in [9.17, 15) is 0 Å². The lowest BCUT2D eigenvalue weighted by Crippen LogP contribution is -2.17. The number of hydrogen-bond donors (Lipinski definition) is 1. The molecule has 1 aliphatic heterocycles. The van der Waals surface area contributed by atoms with Gasteiger partial charge < -0.3 is 10.5 Å². The van der Waals surface area contributed by atoms with Gasteiger partial charge in [-0.2, -0.15) is 0 Å². The van der Waals surface area contributed by atoms with Crippen LogP contribution in [0.3, 0.4) is 0 Å². The normalized spacial score (nSPS) is 21.2. The van der Waals surface area contributed by atoms with Gasteiger partial charge in [-0.15, -0.1) is 11.8 Å². The summed E-state index contributed by atoms with van der Waals surface area (Å²) in [6, 6.07) is 6.75. The van der Waals surface area contributed by atoms with Crippen LogP contribution in [0, 0.1) is 0 Å². The fourth-order valence-electron chi connectivity index (χ4n) is 2.10. The lowest BCUT2D eigenvalue weighted by molar-refractivity contribution is 0.129. The first-order valence-electron chi connectivity index (χ1n) is 6.43. The van der Waals surface area contributed by atoms with Crippen molar-refractivity contribution in [2.24, 2.45) is 5.73 Å². The molecular weight excluding hydrogens is 310 g/mol. The second-order valence-electron chi connectivity index (χ2n) is 4.88. The zero-order valence-electron chi connectivity index (χ0n) is 10.7. The van der Waals surface area contributed by atoms with Gasteiger partial charge in [0.15, 0.2) is 0 Å². The lowest BCUT2D eigenvalue weighted by atomic mass is 10.1. The monoisotopic (exact) mass is 329 g/mol. The highest BCUT2D eigenvalue weighted by atomic mass is 79.9. The summed E-state index contributed by atoms with van der Waals surface area (Å²) in [6.45, 7) is 2.97. The molecule has 1 aromatic rings. The van der Waals surface area contributed by atoms with Gasteiger partial charge in [-0.3, -0.25) is 0 Å². The third-order valence-corrected chi connectivity index (χ3v) is 4.89. The number of benzene rings is 1. The van der Waals surface area contributed by atoms with Crippen LogP contribution in [0.25, 0.3) is 0 Å². The van der Waals surface area contributed by atoms with Gasteiger partial charge in [0.2, 0.25) is 0 Å². The third-order valence-electron chi connectivity index (χ3n) is 3.03. The number of ether oxygens (including phenoxy) is 1. The molecule has 1 aliphatic rings. The minimum Gasteiger partial charge on any atom is -0.377 e. The maximum absolute atomic E-state index is 5.83. The van der Waals surface area contributed by atoms with Gasteiger partial charge in [-0.05, 0) is 43.9 Å². The number of nitrogens with two attached hydrogens (primary N) is 1. The Kier molecular flexibility index (Phi) is 5.55. The van der Waals surface area contributed by atoms with Gasteiger partial charge in [0.25, 0.3) is 0 Å². The molecule has 0 bridgehead atoms. The maximum Gasteiger partial charge on any atom is 0.0669 e. The van der Waals surface area contributed by atoms with Gasteiger partial charge in [0, 0.05) is 27.8 Å². The number of rotatable bonds is 5. The fourth-order valence-corrected chi connectivity index (χ4v) is 3.79. The molecule has 0 saturated carbocycles. The Morgan fingerprint density at radius 1 is 1.56 bits per heavy atom. The van der Waals surface area contributed by atoms with E-state index in [0.717, 1.165) is 23.3 Å². The predicted molar refractivity (Wildman–Crippen MR) is 81.2 cm³/mol. The van der Waals surface area contributed by atoms with Crippen molar-refractivity contribution in [2.75, 3.05) is 12.4 Å². The summed E-state index contributed by atoms with van der Waals surface area (Å²) in [6.07, 6.45) is 3.77. The molecular formula is C14H20BrNOS.